The molecule has 2 unspecified atom stereocenters. The van der Waals surface area contributed by atoms with Crippen LogP contribution < -0.4 is 0 Å². The maximum absolute atomic E-state index is 13.7. The highest BCUT2D eigenvalue weighted by atomic mass is 16.6. The molecule has 38 heavy (non-hydrogen) atoms. The number of benzene rings is 3. The first-order valence-corrected chi connectivity index (χ1v) is 13.7. The average Bonchev–Trinajstić information content (AvgIpc) is 3.28. The molecule has 1 amide bonds. The monoisotopic (exact) mass is 502 g/mol. The topological polar surface area (TPSA) is 59.5 Å². The minimum Gasteiger partial charge on any atom is -0.448 e. The highest BCUT2D eigenvalue weighted by Gasteiger charge is 2.44. The van der Waals surface area contributed by atoms with Crippen LogP contribution in [-0.4, -0.2) is 40.5 Å². The maximum atomic E-state index is 13.7. The molecule has 3 heterocycles. The largest absolute Gasteiger partial charge is 0.448 e. The molecule has 2 saturated heterocycles. The van der Waals surface area contributed by atoms with Crippen LogP contribution in [0, 0.1) is 5.92 Å². The highest BCUT2D eigenvalue weighted by molar-refractivity contribution is 6.08. The van der Waals surface area contributed by atoms with Crippen molar-refractivity contribution in [2.24, 2.45) is 5.92 Å². The van der Waals surface area contributed by atoms with Gasteiger partial charge in [0, 0.05) is 41.1 Å². The van der Waals surface area contributed by atoms with Crippen molar-refractivity contribution in [3.8, 4) is 11.1 Å². The van der Waals surface area contributed by atoms with E-state index in [4.69, 9.17) is 4.74 Å². The average molecular weight is 503 g/mol. The van der Waals surface area contributed by atoms with Gasteiger partial charge in [0.2, 0.25) is 0 Å². The molecule has 5 heteroatoms. The van der Waals surface area contributed by atoms with Crippen LogP contribution >= 0.6 is 0 Å². The molecular weight excluding hydrogens is 472 g/mol. The second-order valence-electron chi connectivity index (χ2n) is 10.9. The van der Waals surface area contributed by atoms with Gasteiger partial charge < -0.3 is 9.64 Å². The minimum atomic E-state index is -0.234. The minimum absolute atomic E-state index is 0.0419. The molecule has 1 aromatic heterocycles. The Morgan fingerprint density at radius 1 is 0.816 bits per heavy atom. The number of pyridine rings is 1. The standard InChI is InChI=1S/C33H30N2O3/c36-32(29-16-17-34-31-15-6-5-14-28(29)31)21-18-22-8-7-9-23(19-21)35(22)33(37)38-20-30-26-12-3-1-10-24(26)25-11-2-4-13-27(25)30/h1-6,10-17,21-23,30H,7-9,18-20H2. The quantitative estimate of drug-likeness (QED) is 0.282. The number of carbonyl (C=O) groups excluding carboxylic acids is 2. The Labute approximate surface area is 222 Å². The van der Waals surface area contributed by atoms with E-state index in [0.717, 1.165) is 35.7 Å². The first kappa shape index (κ1) is 23.2. The van der Waals surface area contributed by atoms with Gasteiger partial charge in [0.15, 0.2) is 5.78 Å². The second kappa shape index (κ2) is 9.39. The molecule has 0 saturated carbocycles. The lowest BCUT2D eigenvalue weighted by molar-refractivity contribution is 0.00654. The van der Waals surface area contributed by atoms with Gasteiger partial charge >= 0.3 is 6.09 Å². The van der Waals surface area contributed by atoms with Crippen molar-refractivity contribution in [2.75, 3.05) is 6.61 Å². The molecule has 0 radical (unpaired) electrons. The number of hydrogen-bond acceptors (Lipinski definition) is 4. The molecule has 0 spiro atoms. The lowest BCUT2D eigenvalue weighted by atomic mass is 9.75. The highest BCUT2D eigenvalue weighted by Crippen LogP contribution is 2.45. The van der Waals surface area contributed by atoms with Crippen molar-refractivity contribution >= 4 is 22.8 Å². The Bertz CT molecular complexity index is 1480. The number of nitrogens with zero attached hydrogens (tertiary/aromatic N) is 2. The Morgan fingerprint density at radius 3 is 2.16 bits per heavy atom. The van der Waals surface area contributed by atoms with Crippen LogP contribution in [-0.2, 0) is 4.74 Å². The Balaban J connectivity index is 1.08. The molecule has 2 atom stereocenters. The molecule has 1 aliphatic carbocycles. The van der Waals surface area contributed by atoms with E-state index in [2.05, 4.69) is 53.5 Å². The lowest BCUT2D eigenvalue weighted by Gasteiger charge is -2.47. The first-order valence-electron chi connectivity index (χ1n) is 13.7. The van der Waals surface area contributed by atoms with E-state index < -0.39 is 0 Å². The number of piperidine rings is 2. The zero-order valence-electron chi connectivity index (χ0n) is 21.3. The number of aromatic nitrogens is 1. The van der Waals surface area contributed by atoms with Crippen LogP contribution in [0.3, 0.4) is 0 Å². The van der Waals surface area contributed by atoms with Crippen LogP contribution in [0.1, 0.15) is 59.5 Å². The van der Waals surface area contributed by atoms with E-state index in [0.29, 0.717) is 19.4 Å². The summed E-state index contributed by atoms with van der Waals surface area (Å²) in [6.07, 6.45) is 5.79. The van der Waals surface area contributed by atoms with Gasteiger partial charge in [-0.15, -0.1) is 0 Å². The number of para-hydroxylation sites is 1. The number of hydrogen-bond donors (Lipinski definition) is 0. The molecular formula is C33H30N2O3. The fraction of sp³-hybridized carbons (Fsp3) is 0.303. The van der Waals surface area contributed by atoms with Crippen molar-refractivity contribution in [1.29, 1.82) is 0 Å². The summed E-state index contributed by atoms with van der Waals surface area (Å²) in [4.78, 5) is 33.6. The smallest absolute Gasteiger partial charge is 0.410 e. The molecule has 7 rings (SSSR count). The summed E-state index contributed by atoms with van der Waals surface area (Å²) in [6.45, 7) is 0.328. The van der Waals surface area contributed by atoms with E-state index in [9.17, 15) is 9.59 Å². The third-order valence-electron chi connectivity index (χ3n) is 8.81. The van der Waals surface area contributed by atoms with Gasteiger partial charge in [-0.1, -0.05) is 66.7 Å². The van der Waals surface area contributed by atoms with Crippen molar-refractivity contribution in [1.82, 2.24) is 9.88 Å². The van der Waals surface area contributed by atoms with Crippen molar-refractivity contribution < 1.29 is 14.3 Å². The normalized spacial score (nSPS) is 22.1. The number of ether oxygens (including phenoxy) is 1. The zero-order chi connectivity index (χ0) is 25.6. The summed E-state index contributed by atoms with van der Waals surface area (Å²) in [6, 6.07) is 26.6. The summed E-state index contributed by atoms with van der Waals surface area (Å²) in [5.74, 6) is 0.131. The SMILES string of the molecule is O=C(c1ccnc2ccccc12)C1CC2CCCC(C1)N2C(=O)OCC1c2ccccc2-c2ccccc21. The van der Waals surface area contributed by atoms with Crippen molar-refractivity contribution in [3.05, 3.63) is 102 Å². The van der Waals surface area contributed by atoms with E-state index in [1.165, 1.54) is 22.3 Å². The van der Waals surface area contributed by atoms with Crippen LogP contribution in [0.25, 0.3) is 22.0 Å². The van der Waals surface area contributed by atoms with Crippen LogP contribution in [0.4, 0.5) is 4.79 Å². The number of carbonyl (C=O) groups is 2. The Morgan fingerprint density at radius 2 is 1.45 bits per heavy atom. The predicted molar refractivity (Wildman–Crippen MR) is 147 cm³/mol. The third-order valence-corrected chi connectivity index (χ3v) is 8.81. The Kier molecular flexibility index (Phi) is 5.72. The molecule has 190 valence electrons. The van der Waals surface area contributed by atoms with Gasteiger partial charge in [0.25, 0.3) is 0 Å². The lowest BCUT2D eigenvalue weighted by Crippen LogP contribution is -2.55. The van der Waals surface area contributed by atoms with E-state index >= 15 is 0 Å². The predicted octanol–water partition coefficient (Wildman–Crippen LogP) is 7.00. The second-order valence-corrected chi connectivity index (χ2v) is 10.9. The van der Waals surface area contributed by atoms with E-state index in [1.54, 1.807) is 6.20 Å². The van der Waals surface area contributed by atoms with Gasteiger partial charge in [-0.25, -0.2) is 4.79 Å². The van der Waals surface area contributed by atoms with Crippen LogP contribution in [0.2, 0.25) is 0 Å². The summed E-state index contributed by atoms with van der Waals surface area (Å²) >= 11 is 0. The van der Waals surface area contributed by atoms with Crippen LogP contribution in [0.5, 0.6) is 0 Å². The van der Waals surface area contributed by atoms with Gasteiger partial charge in [-0.05, 0) is 66.5 Å². The Hall–Kier alpha value is -3.99. The van der Waals surface area contributed by atoms with Gasteiger partial charge in [0.1, 0.15) is 6.61 Å². The molecule has 3 aliphatic rings. The number of Topliss-reactive ketones (excluding diaryl/α,β-unsaturated/α-hetero) is 1. The molecule has 0 N–H and O–H groups in total. The molecule has 2 fully saturated rings. The fourth-order valence-electron chi connectivity index (χ4n) is 7.09. The number of fused-ring (bicyclic) bond motifs is 6. The summed E-state index contributed by atoms with van der Waals surface area (Å²) in [5, 5.41) is 0.907. The first-order chi connectivity index (χ1) is 18.7. The van der Waals surface area contributed by atoms with Crippen LogP contribution in [0.15, 0.2) is 85.1 Å². The summed E-state index contributed by atoms with van der Waals surface area (Å²) in [5.41, 5.74) is 6.47. The van der Waals surface area contributed by atoms with Crippen molar-refractivity contribution in [2.45, 2.75) is 50.1 Å². The number of ketones is 1. The number of amides is 1. The maximum Gasteiger partial charge on any atom is 0.410 e. The van der Waals surface area contributed by atoms with Gasteiger partial charge in [-0.3, -0.25) is 9.78 Å². The zero-order valence-corrected chi connectivity index (χ0v) is 21.3. The summed E-state index contributed by atoms with van der Waals surface area (Å²) in [7, 11) is 0. The van der Waals surface area contributed by atoms with E-state index in [1.807, 2.05) is 35.2 Å². The van der Waals surface area contributed by atoms with Gasteiger partial charge in [0.05, 0.1) is 5.52 Å². The molecule has 2 bridgehead atoms. The van der Waals surface area contributed by atoms with Gasteiger partial charge in [-0.2, -0.15) is 0 Å². The molecule has 2 aliphatic heterocycles. The molecule has 4 aromatic rings. The molecule has 5 nitrogen and oxygen atoms in total. The molecule has 3 aromatic carbocycles. The van der Waals surface area contributed by atoms with Crippen molar-refractivity contribution in [3.63, 3.8) is 0 Å². The van der Waals surface area contributed by atoms with E-state index in [-0.39, 0.29) is 35.8 Å². The third kappa shape index (κ3) is 3.80. The number of rotatable bonds is 4. The summed E-state index contributed by atoms with van der Waals surface area (Å²) < 4.78 is 6.05. The fourth-order valence-corrected chi connectivity index (χ4v) is 7.09.